The van der Waals surface area contributed by atoms with Crippen molar-refractivity contribution in [3.05, 3.63) is 18.5 Å². The zero-order valence-electron chi connectivity index (χ0n) is 10.5. The fraction of sp³-hybridized carbons (Fsp3) is 0.700. The Balaban J connectivity index is 2.58. The van der Waals surface area contributed by atoms with E-state index in [0.29, 0.717) is 19.6 Å². The summed E-state index contributed by atoms with van der Waals surface area (Å²) in [6.45, 7) is 6.93. The van der Waals surface area contributed by atoms with E-state index in [0.717, 1.165) is 0 Å². The molecule has 0 radical (unpaired) electrons. The summed E-state index contributed by atoms with van der Waals surface area (Å²) in [6.07, 6.45) is 3.48. The van der Waals surface area contributed by atoms with Gasteiger partial charge in [-0.25, -0.2) is 0 Å². The van der Waals surface area contributed by atoms with E-state index in [1.54, 1.807) is 10.9 Å². The van der Waals surface area contributed by atoms with Gasteiger partial charge in [-0.2, -0.15) is 22.5 Å². The summed E-state index contributed by atoms with van der Waals surface area (Å²) in [5, 5.41) is 4.04. The van der Waals surface area contributed by atoms with Crippen LogP contribution in [-0.2, 0) is 16.8 Å². The maximum absolute atomic E-state index is 11.9. The Morgan fingerprint density at radius 1 is 1.41 bits per heavy atom. The molecule has 0 unspecified atom stereocenters. The van der Waals surface area contributed by atoms with E-state index < -0.39 is 10.2 Å². The van der Waals surface area contributed by atoms with Crippen LogP contribution in [0, 0.1) is 0 Å². The van der Waals surface area contributed by atoms with E-state index in [-0.39, 0.29) is 6.04 Å². The lowest BCUT2D eigenvalue weighted by Crippen LogP contribution is -2.45. The van der Waals surface area contributed by atoms with Crippen LogP contribution in [0.15, 0.2) is 18.5 Å². The lowest BCUT2D eigenvalue weighted by atomic mass is 10.4. The van der Waals surface area contributed by atoms with Gasteiger partial charge >= 0.3 is 0 Å². The average molecular weight is 260 g/mol. The standard InChI is InChI=1S/C10H20N4O2S/c1-4-14(5-2)17(15,16)12-10(3)9-13-8-6-7-11-13/h6-8,10,12H,4-5,9H2,1-3H3/t10-/m0/s1. The molecule has 6 nitrogen and oxygen atoms in total. The highest BCUT2D eigenvalue weighted by atomic mass is 32.2. The van der Waals surface area contributed by atoms with Crippen LogP contribution in [0.3, 0.4) is 0 Å². The van der Waals surface area contributed by atoms with Gasteiger partial charge in [0.15, 0.2) is 0 Å². The van der Waals surface area contributed by atoms with Gasteiger partial charge in [-0.3, -0.25) is 4.68 Å². The van der Waals surface area contributed by atoms with E-state index in [9.17, 15) is 8.42 Å². The number of rotatable bonds is 7. The van der Waals surface area contributed by atoms with Gasteiger partial charge in [-0.15, -0.1) is 0 Å². The third kappa shape index (κ3) is 4.10. The summed E-state index contributed by atoms with van der Waals surface area (Å²) >= 11 is 0. The van der Waals surface area contributed by atoms with Gasteiger partial charge in [-0.05, 0) is 13.0 Å². The van der Waals surface area contributed by atoms with Crippen molar-refractivity contribution in [1.82, 2.24) is 18.8 Å². The molecule has 1 atom stereocenters. The van der Waals surface area contributed by atoms with E-state index >= 15 is 0 Å². The Hall–Kier alpha value is -0.920. The molecule has 0 saturated heterocycles. The zero-order valence-corrected chi connectivity index (χ0v) is 11.3. The molecule has 1 aromatic rings. The van der Waals surface area contributed by atoms with Gasteiger partial charge < -0.3 is 0 Å². The summed E-state index contributed by atoms with van der Waals surface area (Å²) in [6, 6.07) is 1.62. The molecule has 0 spiro atoms. The van der Waals surface area contributed by atoms with Gasteiger partial charge in [-0.1, -0.05) is 13.8 Å². The quantitative estimate of drug-likeness (QED) is 0.774. The van der Waals surface area contributed by atoms with Crippen LogP contribution in [-0.4, -0.2) is 41.6 Å². The molecule has 17 heavy (non-hydrogen) atoms. The predicted octanol–water partition coefficient (Wildman–Crippen LogP) is 0.448. The molecule has 0 aromatic carbocycles. The molecular weight excluding hydrogens is 240 g/mol. The molecule has 0 saturated carbocycles. The molecule has 1 N–H and O–H groups in total. The highest BCUT2D eigenvalue weighted by molar-refractivity contribution is 7.87. The lowest BCUT2D eigenvalue weighted by Gasteiger charge is -2.22. The van der Waals surface area contributed by atoms with Crippen LogP contribution in [0.1, 0.15) is 20.8 Å². The van der Waals surface area contributed by atoms with Crippen molar-refractivity contribution >= 4 is 10.2 Å². The van der Waals surface area contributed by atoms with Crippen molar-refractivity contribution in [1.29, 1.82) is 0 Å². The normalized spacial score (nSPS) is 14.1. The smallest absolute Gasteiger partial charge is 0.271 e. The minimum Gasteiger partial charge on any atom is -0.271 e. The number of aromatic nitrogens is 2. The van der Waals surface area contributed by atoms with Crippen molar-refractivity contribution in [2.75, 3.05) is 13.1 Å². The summed E-state index contributed by atoms with van der Waals surface area (Å²) in [5.41, 5.74) is 0. The molecule has 98 valence electrons. The molecule has 0 aliphatic heterocycles. The predicted molar refractivity (Wildman–Crippen MR) is 66.7 cm³/mol. The van der Waals surface area contributed by atoms with E-state index in [4.69, 9.17) is 0 Å². The lowest BCUT2D eigenvalue weighted by molar-refractivity contribution is 0.416. The third-order valence-corrected chi connectivity index (χ3v) is 4.31. The van der Waals surface area contributed by atoms with Crippen molar-refractivity contribution in [2.24, 2.45) is 0 Å². The first-order chi connectivity index (χ1) is 7.99. The molecule has 0 aliphatic carbocycles. The van der Waals surface area contributed by atoms with Crippen LogP contribution in [0.5, 0.6) is 0 Å². The molecule has 0 fully saturated rings. The summed E-state index contributed by atoms with van der Waals surface area (Å²) in [7, 11) is -3.38. The SMILES string of the molecule is CCN(CC)S(=O)(=O)N[C@@H](C)Cn1cccn1. The van der Waals surface area contributed by atoms with Crippen LogP contribution < -0.4 is 4.72 Å². The van der Waals surface area contributed by atoms with Crippen LogP contribution in [0.4, 0.5) is 0 Å². The number of nitrogens with one attached hydrogen (secondary N) is 1. The average Bonchev–Trinajstić information content (AvgIpc) is 2.70. The third-order valence-electron chi connectivity index (χ3n) is 2.42. The fourth-order valence-electron chi connectivity index (χ4n) is 1.62. The van der Waals surface area contributed by atoms with Crippen molar-refractivity contribution in [2.45, 2.75) is 33.4 Å². The molecule has 0 bridgehead atoms. The van der Waals surface area contributed by atoms with Gasteiger partial charge in [0.1, 0.15) is 0 Å². The first-order valence-electron chi connectivity index (χ1n) is 5.74. The largest absolute Gasteiger partial charge is 0.279 e. The summed E-state index contributed by atoms with van der Waals surface area (Å²) in [5.74, 6) is 0. The van der Waals surface area contributed by atoms with E-state index in [2.05, 4.69) is 9.82 Å². The number of nitrogens with zero attached hydrogens (tertiary/aromatic N) is 3. The van der Waals surface area contributed by atoms with Crippen LogP contribution in [0.2, 0.25) is 0 Å². The second kappa shape index (κ2) is 6.13. The maximum atomic E-state index is 11.9. The van der Waals surface area contributed by atoms with Crippen molar-refractivity contribution in [3.8, 4) is 0 Å². The molecule has 1 rings (SSSR count). The van der Waals surface area contributed by atoms with Gasteiger partial charge in [0.05, 0.1) is 6.54 Å². The molecule has 7 heteroatoms. The molecule has 0 aliphatic rings. The minimum absolute atomic E-state index is 0.194. The second-order valence-electron chi connectivity index (χ2n) is 3.84. The first-order valence-corrected chi connectivity index (χ1v) is 7.18. The van der Waals surface area contributed by atoms with Gasteiger partial charge in [0, 0.05) is 31.5 Å². The first kappa shape index (κ1) is 14.1. The summed E-state index contributed by atoms with van der Waals surface area (Å²) in [4.78, 5) is 0. The molecule has 0 amide bonds. The second-order valence-corrected chi connectivity index (χ2v) is 5.54. The van der Waals surface area contributed by atoms with E-state index in [1.165, 1.54) is 4.31 Å². The Labute approximate surface area is 103 Å². The highest BCUT2D eigenvalue weighted by Crippen LogP contribution is 2.00. The Morgan fingerprint density at radius 3 is 2.53 bits per heavy atom. The van der Waals surface area contributed by atoms with E-state index in [1.807, 2.05) is 33.0 Å². The summed E-state index contributed by atoms with van der Waals surface area (Å²) < 4.78 is 29.6. The zero-order chi connectivity index (χ0) is 12.9. The van der Waals surface area contributed by atoms with Gasteiger partial charge in [0.2, 0.25) is 0 Å². The van der Waals surface area contributed by atoms with Crippen molar-refractivity contribution in [3.63, 3.8) is 0 Å². The Kier molecular flexibility index (Phi) is 5.10. The van der Waals surface area contributed by atoms with Crippen LogP contribution in [0.25, 0.3) is 0 Å². The Morgan fingerprint density at radius 2 is 2.06 bits per heavy atom. The minimum atomic E-state index is -3.38. The molecule has 1 aromatic heterocycles. The monoisotopic (exact) mass is 260 g/mol. The number of hydrogen-bond donors (Lipinski definition) is 1. The molecular formula is C10H20N4O2S. The Bertz CT molecular complexity index is 412. The maximum Gasteiger partial charge on any atom is 0.279 e. The van der Waals surface area contributed by atoms with Crippen molar-refractivity contribution < 1.29 is 8.42 Å². The molecule has 1 heterocycles. The van der Waals surface area contributed by atoms with Gasteiger partial charge in [0.25, 0.3) is 10.2 Å². The number of hydrogen-bond acceptors (Lipinski definition) is 3. The van der Waals surface area contributed by atoms with Crippen LogP contribution >= 0.6 is 0 Å². The topological polar surface area (TPSA) is 67.2 Å². The highest BCUT2D eigenvalue weighted by Gasteiger charge is 2.20. The fourth-order valence-corrected chi connectivity index (χ4v) is 3.03.